The first-order valence-electron chi connectivity index (χ1n) is 4.10. The topological polar surface area (TPSA) is 52.0 Å². The van der Waals surface area contributed by atoms with Crippen molar-refractivity contribution < 1.29 is 8.42 Å². The molecule has 0 bridgehead atoms. The molecule has 0 spiro atoms. The Balaban J connectivity index is 2.93. The molecular formula is C9H10N2O2S. The van der Waals surface area contributed by atoms with E-state index in [9.17, 15) is 8.42 Å². The molecule has 0 aliphatic heterocycles. The van der Waals surface area contributed by atoms with Crippen molar-refractivity contribution in [3.8, 4) is 0 Å². The van der Waals surface area contributed by atoms with Gasteiger partial charge >= 0.3 is 0 Å². The normalized spacial score (nSPS) is 12.1. The molecule has 2 aromatic rings. The van der Waals surface area contributed by atoms with Gasteiger partial charge in [0.1, 0.15) is 10.4 Å². The first-order chi connectivity index (χ1) is 6.50. The third kappa shape index (κ3) is 1.29. The Morgan fingerprint density at radius 1 is 1.43 bits per heavy atom. The number of sulfone groups is 1. The number of hydrogen-bond donors (Lipinski definition) is 0. The summed E-state index contributed by atoms with van der Waals surface area (Å²) in [4.78, 5) is 4.36. The fourth-order valence-corrected chi connectivity index (χ4v) is 2.31. The van der Waals surface area contributed by atoms with Gasteiger partial charge in [0.05, 0.1) is 5.52 Å². The summed E-state index contributed by atoms with van der Waals surface area (Å²) in [6.07, 6.45) is 4.38. The van der Waals surface area contributed by atoms with Gasteiger partial charge in [0.15, 0.2) is 9.84 Å². The van der Waals surface area contributed by atoms with Crippen molar-refractivity contribution in [2.24, 2.45) is 7.05 Å². The van der Waals surface area contributed by atoms with Gasteiger partial charge in [-0.3, -0.25) is 4.98 Å². The zero-order valence-electron chi connectivity index (χ0n) is 7.93. The van der Waals surface area contributed by atoms with Gasteiger partial charge in [-0.2, -0.15) is 0 Å². The van der Waals surface area contributed by atoms with Gasteiger partial charge < -0.3 is 4.57 Å². The van der Waals surface area contributed by atoms with E-state index in [4.69, 9.17) is 0 Å². The molecule has 0 fully saturated rings. The largest absolute Gasteiger partial charge is 0.348 e. The number of nitrogens with zero attached hydrogens (tertiary/aromatic N) is 2. The summed E-state index contributed by atoms with van der Waals surface area (Å²) in [6.45, 7) is 0. The summed E-state index contributed by atoms with van der Waals surface area (Å²) in [6, 6.07) is 3.63. The predicted molar refractivity (Wildman–Crippen MR) is 53.8 cm³/mol. The van der Waals surface area contributed by atoms with E-state index in [0.29, 0.717) is 5.52 Å². The van der Waals surface area contributed by atoms with Crippen LogP contribution in [-0.4, -0.2) is 24.2 Å². The van der Waals surface area contributed by atoms with Crippen LogP contribution in [-0.2, 0) is 16.9 Å². The lowest BCUT2D eigenvalue weighted by atomic mass is 10.4. The summed E-state index contributed by atoms with van der Waals surface area (Å²) < 4.78 is 24.6. The molecule has 74 valence electrons. The predicted octanol–water partition coefficient (Wildman–Crippen LogP) is 0.977. The minimum absolute atomic E-state index is 0.288. The average molecular weight is 210 g/mol. The molecule has 0 unspecified atom stereocenters. The number of aromatic nitrogens is 2. The van der Waals surface area contributed by atoms with E-state index in [1.54, 1.807) is 30.1 Å². The molecule has 0 amide bonds. The Hall–Kier alpha value is -1.36. The van der Waals surface area contributed by atoms with Crippen LogP contribution in [0.5, 0.6) is 0 Å². The highest BCUT2D eigenvalue weighted by Gasteiger charge is 2.15. The maximum absolute atomic E-state index is 11.4. The molecule has 0 saturated carbocycles. The van der Waals surface area contributed by atoms with E-state index in [1.807, 2.05) is 6.07 Å². The molecule has 0 saturated heterocycles. The van der Waals surface area contributed by atoms with E-state index in [1.165, 1.54) is 6.26 Å². The number of rotatable bonds is 1. The second-order valence-corrected chi connectivity index (χ2v) is 5.23. The van der Waals surface area contributed by atoms with Crippen LogP contribution < -0.4 is 0 Å². The minimum Gasteiger partial charge on any atom is -0.348 e. The molecule has 2 rings (SSSR count). The molecule has 2 heterocycles. The van der Waals surface area contributed by atoms with Crippen LogP contribution in [0.1, 0.15) is 0 Å². The zero-order valence-corrected chi connectivity index (χ0v) is 8.75. The fraction of sp³-hybridized carbons (Fsp3) is 0.222. The average Bonchev–Trinajstić information content (AvgIpc) is 2.44. The van der Waals surface area contributed by atoms with Gasteiger partial charge in [0.25, 0.3) is 0 Å². The lowest BCUT2D eigenvalue weighted by Crippen LogP contribution is -1.95. The first-order valence-corrected chi connectivity index (χ1v) is 5.99. The fourth-order valence-electron chi connectivity index (χ4n) is 1.45. The van der Waals surface area contributed by atoms with Gasteiger partial charge in [-0.1, -0.05) is 0 Å². The Kier molecular flexibility index (Phi) is 1.85. The third-order valence-corrected chi connectivity index (χ3v) is 3.21. The van der Waals surface area contributed by atoms with Gasteiger partial charge in [-0.15, -0.1) is 0 Å². The van der Waals surface area contributed by atoms with Crippen molar-refractivity contribution in [1.29, 1.82) is 0 Å². The van der Waals surface area contributed by atoms with Crippen molar-refractivity contribution in [2.45, 2.75) is 4.90 Å². The quantitative estimate of drug-likeness (QED) is 0.705. The van der Waals surface area contributed by atoms with Gasteiger partial charge in [0, 0.05) is 25.7 Å². The summed E-state index contributed by atoms with van der Waals surface area (Å²) in [7, 11) is -1.39. The van der Waals surface area contributed by atoms with Crippen molar-refractivity contribution in [3.05, 3.63) is 24.5 Å². The minimum atomic E-state index is -3.19. The Labute approximate surface area is 82.1 Å². The van der Waals surface area contributed by atoms with E-state index < -0.39 is 9.84 Å². The number of pyridine rings is 1. The van der Waals surface area contributed by atoms with Crippen molar-refractivity contribution in [3.63, 3.8) is 0 Å². The molecule has 0 aromatic carbocycles. The van der Waals surface area contributed by atoms with Crippen LogP contribution in [0.4, 0.5) is 0 Å². The first kappa shape index (κ1) is 9.21. The monoisotopic (exact) mass is 210 g/mol. The van der Waals surface area contributed by atoms with E-state index in [0.717, 1.165) is 5.52 Å². The molecular weight excluding hydrogens is 200 g/mol. The standard InChI is InChI=1S/C9H10N2O2S/c1-11-6-8(14(2,12)13)9-7(11)4-3-5-10-9/h3-6H,1-2H3. The number of aryl methyl sites for hydroxylation is 1. The van der Waals surface area contributed by atoms with Crippen LogP contribution in [0.25, 0.3) is 11.0 Å². The zero-order chi connectivity index (χ0) is 10.3. The van der Waals surface area contributed by atoms with Crippen LogP contribution in [0.15, 0.2) is 29.4 Å². The molecule has 14 heavy (non-hydrogen) atoms. The lowest BCUT2D eigenvalue weighted by molar-refractivity contribution is 0.602. The van der Waals surface area contributed by atoms with Crippen LogP contribution >= 0.6 is 0 Å². The van der Waals surface area contributed by atoms with Crippen molar-refractivity contribution in [1.82, 2.24) is 9.55 Å². The lowest BCUT2D eigenvalue weighted by Gasteiger charge is -1.93. The van der Waals surface area contributed by atoms with Crippen LogP contribution in [0.3, 0.4) is 0 Å². The Bertz CT molecular complexity index is 584. The highest BCUT2D eigenvalue weighted by atomic mass is 32.2. The highest BCUT2D eigenvalue weighted by molar-refractivity contribution is 7.91. The molecule has 4 nitrogen and oxygen atoms in total. The van der Waals surface area contributed by atoms with Gasteiger partial charge in [-0.25, -0.2) is 8.42 Å². The van der Waals surface area contributed by atoms with Gasteiger partial charge in [0.2, 0.25) is 0 Å². The molecule has 0 aliphatic carbocycles. The maximum atomic E-state index is 11.4. The Morgan fingerprint density at radius 3 is 2.79 bits per heavy atom. The highest BCUT2D eigenvalue weighted by Crippen LogP contribution is 2.21. The maximum Gasteiger partial charge on any atom is 0.179 e. The second kappa shape index (κ2) is 2.81. The third-order valence-electron chi connectivity index (χ3n) is 2.11. The smallest absolute Gasteiger partial charge is 0.179 e. The second-order valence-electron chi connectivity index (χ2n) is 3.25. The molecule has 5 heteroatoms. The van der Waals surface area contributed by atoms with Crippen LogP contribution in [0, 0.1) is 0 Å². The number of hydrogen-bond acceptors (Lipinski definition) is 3. The summed E-state index contributed by atoms with van der Waals surface area (Å²) >= 11 is 0. The van der Waals surface area contributed by atoms with Gasteiger partial charge in [-0.05, 0) is 12.1 Å². The summed E-state index contributed by atoms with van der Waals surface area (Å²) in [5, 5.41) is 0. The van der Waals surface area contributed by atoms with Crippen molar-refractivity contribution >= 4 is 20.9 Å². The number of fused-ring (bicyclic) bond motifs is 1. The Morgan fingerprint density at radius 2 is 2.14 bits per heavy atom. The molecule has 0 radical (unpaired) electrons. The van der Waals surface area contributed by atoms with E-state index >= 15 is 0 Å². The summed E-state index contributed by atoms with van der Waals surface area (Å²) in [5.41, 5.74) is 1.37. The SMILES string of the molecule is Cn1cc(S(C)(=O)=O)c2ncccc21. The van der Waals surface area contributed by atoms with E-state index in [-0.39, 0.29) is 4.90 Å². The molecule has 0 N–H and O–H groups in total. The molecule has 0 atom stereocenters. The molecule has 0 aliphatic rings. The molecule has 2 aromatic heterocycles. The summed E-state index contributed by atoms with van der Waals surface area (Å²) in [5.74, 6) is 0. The van der Waals surface area contributed by atoms with Crippen LogP contribution in [0.2, 0.25) is 0 Å². The van der Waals surface area contributed by atoms with E-state index in [2.05, 4.69) is 4.98 Å². The van der Waals surface area contributed by atoms with Crippen molar-refractivity contribution in [2.75, 3.05) is 6.26 Å².